The first kappa shape index (κ1) is 16.6. The molecule has 0 amide bonds. The van der Waals surface area contributed by atoms with E-state index in [2.05, 4.69) is 20.7 Å². The highest BCUT2D eigenvalue weighted by Crippen LogP contribution is 2.23. The summed E-state index contributed by atoms with van der Waals surface area (Å²) in [6, 6.07) is 6.86. The number of sulfonamides is 1. The zero-order chi connectivity index (χ0) is 15.5. The fourth-order valence-electron chi connectivity index (χ4n) is 2.02. The number of nitrogens with two attached hydrogens (primary N) is 1. The van der Waals surface area contributed by atoms with Crippen molar-refractivity contribution in [3.63, 3.8) is 0 Å². The highest BCUT2D eigenvalue weighted by molar-refractivity contribution is 9.10. The standard InChI is InChI=1S/C14H17BrN2O2S2/c1-10(6-12-4-5-20-9-12)17-21(18,19)14-3-2-11(8-16)7-13(14)15/h2-5,7,9-10,17H,6,8,16H2,1H3. The van der Waals surface area contributed by atoms with Crippen molar-refractivity contribution >= 4 is 37.3 Å². The molecule has 2 aromatic rings. The largest absolute Gasteiger partial charge is 0.326 e. The van der Waals surface area contributed by atoms with Crippen molar-refractivity contribution in [2.45, 2.75) is 30.8 Å². The Morgan fingerprint density at radius 3 is 2.67 bits per heavy atom. The van der Waals surface area contributed by atoms with Crippen molar-refractivity contribution in [2.24, 2.45) is 5.73 Å². The van der Waals surface area contributed by atoms with Crippen LogP contribution in [0.15, 0.2) is 44.4 Å². The minimum absolute atomic E-state index is 0.175. The second kappa shape index (κ2) is 7.02. The van der Waals surface area contributed by atoms with Crippen LogP contribution < -0.4 is 10.5 Å². The fraction of sp³-hybridized carbons (Fsp3) is 0.286. The van der Waals surface area contributed by atoms with Gasteiger partial charge in [0.15, 0.2) is 0 Å². The van der Waals surface area contributed by atoms with Crippen LogP contribution in [0.3, 0.4) is 0 Å². The molecule has 0 saturated heterocycles. The van der Waals surface area contributed by atoms with Gasteiger partial charge in [0.1, 0.15) is 0 Å². The van der Waals surface area contributed by atoms with E-state index in [1.807, 2.05) is 23.8 Å². The molecule has 114 valence electrons. The summed E-state index contributed by atoms with van der Waals surface area (Å²) >= 11 is 4.91. The number of hydrogen-bond acceptors (Lipinski definition) is 4. The van der Waals surface area contributed by atoms with Crippen molar-refractivity contribution < 1.29 is 8.42 Å². The number of halogens is 1. The van der Waals surface area contributed by atoms with Gasteiger partial charge < -0.3 is 5.73 Å². The van der Waals surface area contributed by atoms with E-state index in [4.69, 9.17) is 5.73 Å². The van der Waals surface area contributed by atoms with Crippen molar-refractivity contribution in [1.82, 2.24) is 4.72 Å². The summed E-state index contributed by atoms with van der Waals surface area (Å²) in [5.74, 6) is 0. The lowest BCUT2D eigenvalue weighted by molar-refractivity contribution is 0.559. The Hall–Kier alpha value is -0.730. The molecule has 21 heavy (non-hydrogen) atoms. The smallest absolute Gasteiger partial charge is 0.241 e. The SMILES string of the molecule is CC(Cc1ccsc1)NS(=O)(=O)c1ccc(CN)cc1Br. The van der Waals surface area contributed by atoms with Crippen molar-refractivity contribution in [3.05, 3.63) is 50.6 Å². The molecule has 1 aromatic heterocycles. The van der Waals surface area contributed by atoms with Crippen molar-refractivity contribution in [2.75, 3.05) is 0 Å². The molecule has 0 aliphatic rings. The van der Waals surface area contributed by atoms with E-state index in [9.17, 15) is 8.42 Å². The van der Waals surface area contributed by atoms with Crippen LogP contribution in [0, 0.1) is 0 Å². The van der Waals surface area contributed by atoms with Gasteiger partial charge in [-0.2, -0.15) is 11.3 Å². The maximum atomic E-state index is 12.4. The molecule has 0 spiro atoms. The summed E-state index contributed by atoms with van der Waals surface area (Å²) in [7, 11) is -3.55. The third-order valence-electron chi connectivity index (χ3n) is 3.00. The molecule has 2 rings (SSSR count). The van der Waals surface area contributed by atoms with Gasteiger partial charge in [0.05, 0.1) is 4.90 Å². The number of benzene rings is 1. The molecule has 3 N–H and O–H groups in total. The molecule has 0 fully saturated rings. The van der Waals surface area contributed by atoms with Crippen LogP contribution >= 0.6 is 27.3 Å². The number of hydrogen-bond donors (Lipinski definition) is 2. The molecule has 0 aliphatic carbocycles. The average Bonchev–Trinajstić information content (AvgIpc) is 2.90. The lowest BCUT2D eigenvalue weighted by Gasteiger charge is -2.15. The van der Waals surface area contributed by atoms with Gasteiger partial charge in [-0.3, -0.25) is 0 Å². The van der Waals surface area contributed by atoms with E-state index in [0.717, 1.165) is 11.1 Å². The van der Waals surface area contributed by atoms with E-state index in [1.54, 1.807) is 29.5 Å². The van der Waals surface area contributed by atoms with Crippen LogP contribution in [0.2, 0.25) is 0 Å². The normalized spacial score (nSPS) is 13.3. The van der Waals surface area contributed by atoms with Crippen LogP contribution in [0.1, 0.15) is 18.1 Å². The van der Waals surface area contributed by atoms with Crippen molar-refractivity contribution in [3.8, 4) is 0 Å². The minimum Gasteiger partial charge on any atom is -0.326 e. The van der Waals surface area contributed by atoms with Gasteiger partial charge in [-0.1, -0.05) is 6.07 Å². The fourth-order valence-corrected chi connectivity index (χ4v) is 5.07. The molecule has 0 saturated carbocycles. The lowest BCUT2D eigenvalue weighted by Crippen LogP contribution is -2.34. The van der Waals surface area contributed by atoms with Crippen LogP contribution in [-0.2, 0) is 23.0 Å². The molecule has 1 atom stereocenters. The van der Waals surface area contributed by atoms with Crippen LogP contribution in [0.4, 0.5) is 0 Å². The van der Waals surface area contributed by atoms with Gasteiger partial charge in [0.25, 0.3) is 0 Å². The van der Waals surface area contributed by atoms with Gasteiger partial charge >= 0.3 is 0 Å². The molecule has 1 unspecified atom stereocenters. The lowest BCUT2D eigenvalue weighted by atomic mass is 10.1. The van der Waals surface area contributed by atoms with Gasteiger partial charge in [-0.25, -0.2) is 13.1 Å². The third kappa shape index (κ3) is 4.37. The van der Waals surface area contributed by atoms with Crippen LogP contribution in [0.25, 0.3) is 0 Å². The molecule has 0 aliphatic heterocycles. The summed E-state index contributed by atoms with van der Waals surface area (Å²) in [6.45, 7) is 2.23. The highest BCUT2D eigenvalue weighted by atomic mass is 79.9. The van der Waals surface area contributed by atoms with Gasteiger partial charge in [-0.15, -0.1) is 0 Å². The number of rotatable bonds is 6. The second-order valence-corrected chi connectivity index (χ2v) is 8.14. The topological polar surface area (TPSA) is 72.2 Å². The molecular formula is C14H17BrN2O2S2. The summed E-state index contributed by atoms with van der Waals surface area (Å²) in [6.07, 6.45) is 0.668. The van der Waals surface area contributed by atoms with Gasteiger partial charge in [-0.05, 0) is 69.4 Å². The minimum atomic E-state index is -3.55. The van der Waals surface area contributed by atoms with Crippen LogP contribution in [-0.4, -0.2) is 14.5 Å². The summed E-state index contributed by atoms with van der Waals surface area (Å²) in [4.78, 5) is 0.233. The molecule has 7 heteroatoms. The Labute approximate surface area is 137 Å². The Balaban J connectivity index is 2.14. The maximum absolute atomic E-state index is 12.4. The zero-order valence-corrected chi connectivity index (χ0v) is 14.8. The first-order valence-electron chi connectivity index (χ1n) is 6.44. The molecule has 0 radical (unpaired) electrons. The number of nitrogens with one attached hydrogen (secondary N) is 1. The Morgan fingerprint density at radius 2 is 2.10 bits per heavy atom. The first-order valence-corrected chi connectivity index (χ1v) is 9.66. The van der Waals surface area contributed by atoms with Crippen LogP contribution in [0.5, 0.6) is 0 Å². The average molecular weight is 389 g/mol. The van der Waals surface area contributed by atoms with Crippen molar-refractivity contribution in [1.29, 1.82) is 0 Å². The predicted molar refractivity (Wildman–Crippen MR) is 89.8 cm³/mol. The van der Waals surface area contributed by atoms with E-state index in [-0.39, 0.29) is 10.9 Å². The summed E-state index contributed by atoms with van der Waals surface area (Å²) < 4.78 is 28.1. The maximum Gasteiger partial charge on any atom is 0.241 e. The number of thiophene rings is 1. The predicted octanol–water partition coefficient (Wildman–Crippen LogP) is 2.88. The van der Waals surface area contributed by atoms with E-state index in [1.165, 1.54) is 0 Å². The Kier molecular flexibility index (Phi) is 5.56. The highest BCUT2D eigenvalue weighted by Gasteiger charge is 2.20. The third-order valence-corrected chi connectivity index (χ3v) is 6.30. The molecular weight excluding hydrogens is 372 g/mol. The van der Waals surface area contributed by atoms with Gasteiger partial charge in [0, 0.05) is 17.1 Å². The Bertz CT molecular complexity index is 700. The quantitative estimate of drug-likeness (QED) is 0.798. The van der Waals surface area contributed by atoms with E-state index < -0.39 is 10.0 Å². The monoisotopic (exact) mass is 388 g/mol. The zero-order valence-electron chi connectivity index (χ0n) is 11.5. The van der Waals surface area contributed by atoms with Gasteiger partial charge in [0.2, 0.25) is 10.0 Å². The van der Waals surface area contributed by atoms with E-state index in [0.29, 0.717) is 17.4 Å². The Morgan fingerprint density at radius 1 is 1.33 bits per heavy atom. The first-order chi connectivity index (χ1) is 9.92. The second-order valence-electron chi connectivity index (χ2n) is 4.83. The summed E-state index contributed by atoms with van der Waals surface area (Å²) in [5.41, 5.74) is 7.56. The molecule has 1 heterocycles. The molecule has 0 bridgehead atoms. The van der Waals surface area contributed by atoms with E-state index >= 15 is 0 Å². The summed E-state index contributed by atoms with van der Waals surface area (Å²) in [5, 5.41) is 4.01. The molecule has 4 nitrogen and oxygen atoms in total. The molecule has 1 aromatic carbocycles.